The van der Waals surface area contributed by atoms with Crippen molar-refractivity contribution < 1.29 is 4.79 Å². The summed E-state index contributed by atoms with van der Waals surface area (Å²) in [5.74, 6) is -0.437. The summed E-state index contributed by atoms with van der Waals surface area (Å²) in [7, 11) is 1.52. The maximum atomic E-state index is 11.9. The molecule has 2 rings (SSSR count). The van der Waals surface area contributed by atoms with Crippen LogP contribution in [0.15, 0.2) is 50.6 Å². The van der Waals surface area contributed by atoms with Crippen molar-refractivity contribution >= 4 is 27.5 Å². The first kappa shape index (κ1) is 14.3. The van der Waals surface area contributed by atoms with Crippen molar-refractivity contribution in [2.75, 3.05) is 5.32 Å². The standard InChI is InChI=1S/C13H12BrN3O3/c1-16-6-5-12(19)17(13(16)20)8-11(18)15-10-4-2-3-9(14)7-10/h2-7H,8H2,1H3,(H,15,18). The first-order valence-corrected chi connectivity index (χ1v) is 6.58. The van der Waals surface area contributed by atoms with Gasteiger partial charge in [-0.1, -0.05) is 22.0 Å². The van der Waals surface area contributed by atoms with Crippen LogP contribution in [0.4, 0.5) is 5.69 Å². The number of anilines is 1. The van der Waals surface area contributed by atoms with Gasteiger partial charge in [0.05, 0.1) is 0 Å². The number of aromatic nitrogens is 2. The van der Waals surface area contributed by atoms with E-state index in [1.54, 1.807) is 18.2 Å². The van der Waals surface area contributed by atoms with Crippen molar-refractivity contribution in [2.24, 2.45) is 7.05 Å². The topological polar surface area (TPSA) is 73.1 Å². The zero-order valence-corrected chi connectivity index (χ0v) is 12.3. The summed E-state index contributed by atoms with van der Waals surface area (Å²) in [4.78, 5) is 35.2. The largest absolute Gasteiger partial charge is 0.331 e. The highest BCUT2D eigenvalue weighted by molar-refractivity contribution is 9.10. The average molecular weight is 338 g/mol. The maximum absolute atomic E-state index is 11.9. The lowest BCUT2D eigenvalue weighted by atomic mass is 10.3. The molecule has 1 aromatic heterocycles. The SMILES string of the molecule is Cn1ccc(=O)n(CC(=O)Nc2cccc(Br)c2)c1=O. The average Bonchev–Trinajstić information content (AvgIpc) is 2.39. The van der Waals surface area contributed by atoms with Gasteiger partial charge in [-0.2, -0.15) is 0 Å². The van der Waals surface area contributed by atoms with Crippen LogP contribution in [0.3, 0.4) is 0 Å². The van der Waals surface area contributed by atoms with Crippen molar-refractivity contribution in [2.45, 2.75) is 6.54 Å². The summed E-state index contributed by atoms with van der Waals surface area (Å²) >= 11 is 3.29. The monoisotopic (exact) mass is 337 g/mol. The van der Waals surface area contributed by atoms with E-state index in [0.717, 1.165) is 9.04 Å². The summed E-state index contributed by atoms with van der Waals surface area (Å²) < 4.78 is 2.95. The number of carbonyl (C=O) groups is 1. The lowest BCUT2D eigenvalue weighted by Gasteiger charge is -2.08. The van der Waals surface area contributed by atoms with Gasteiger partial charge in [-0.05, 0) is 18.2 Å². The first-order valence-electron chi connectivity index (χ1n) is 5.79. The summed E-state index contributed by atoms with van der Waals surface area (Å²) in [6.45, 7) is -0.321. The number of hydrogen-bond donors (Lipinski definition) is 1. The van der Waals surface area contributed by atoms with Crippen LogP contribution in [0.2, 0.25) is 0 Å². The van der Waals surface area contributed by atoms with Gasteiger partial charge in [0, 0.05) is 29.5 Å². The molecule has 0 radical (unpaired) electrons. The molecule has 104 valence electrons. The van der Waals surface area contributed by atoms with Crippen LogP contribution in [0.25, 0.3) is 0 Å². The molecule has 1 N–H and O–H groups in total. The Balaban J connectivity index is 2.19. The van der Waals surface area contributed by atoms with Crippen LogP contribution in [0.5, 0.6) is 0 Å². The Kier molecular flexibility index (Phi) is 4.19. The fourth-order valence-corrected chi connectivity index (χ4v) is 2.07. The third-order valence-corrected chi connectivity index (χ3v) is 3.14. The predicted molar refractivity (Wildman–Crippen MR) is 78.7 cm³/mol. The Bertz CT molecular complexity index is 764. The van der Waals surface area contributed by atoms with Crippen molar-refractivity contribution in [3.63, 3.8) is 0 Å². The first-order chi connectivity index (χ1) is 9.47. The summed E-state index contributed by atoms with van der Waals surface area (Å²) in [5.41, 5.74) is -0.440. The number of halogens is 1. The fourth-order valence-electron chi connectivity index (χ4n) is 1.67. The summed E-state index contributed by atoms with van der Waals surface area (Å²) in [6, 6.07) is 8.28. The third kappa shape index (κ3) is 3.24. The van der Waals surface area contributed by atoms with Crippen molar-refractivity contribution in [3.05, 3.63) is 61.8 Å². The minimum atomic E-state index is -0.526. The molecule has 0 aliphatic heterocycles. The van der Waals surface area contributed by atoms with Gasteiger partial charge in [-0.15, -0.1) is 0 Å². The van der Waals surface area contributed by atoms with Gasteiger partial charge >= 0.3 is 5.69 Å². The maximum Gasteiger partial charge on any atom is 0.331 e. The molecule has 0 atom stereocenters. The quantitative estimate of drug-likeness (QED) is 0.906. The lowest BCUT2D eigenvalue weighted by molar-refractivity contribution is -0.116. The molecule has 20 heavy (non-hydrogen) atoms. The van der Waals surface area contributed by atoms with Crippen LogP contribution in [0, 0.1) is 0 Å². The second-order valence-corrected chi connectivity index (χ2v) is 5.11. The molecule has 0 aliphatic carbocycles. The van der Waals surface area contributed by atoms with Crippen LogP contribution in [-0.2, 0) is 18.4 Å². The molecule has 0 bridgehead atoms. The predicted octanol–water partition coefficient (Wildman–Crippen LogP) is 0.948. The second-order valence-electron chi connectivity index (χ2n) is 4.19. The molecule has 1 aromatic carbocycles. The van der Waals surface area contributed by atoms with Gasteiger partial charge in [0.25, 0.3) is 5.56 Å². The van der Waals surface area contributed by atoms with Gasteiger partial charge < -0.3 is 9.88 Å². The zero-order chi connectivity index (χ0) is 14.7. The van der Waals surface area contributed by atoms with E-state index in [-0.39, 0.29) is 6.54 Å². The molecule has 0 aliphatic rings. The van der Waals surface area contributed by atoms with Crippen LogP contribution in [0.1, 0.15) is 0 Å². The smallest absolute Gasteiger partial charge is 0.324 e. The van der Waals surface area contributed by atoms with E-state index in [4.69, 9.17) is 0 Å². The van der Waals surface area contributed by atoms with E-state index in [9.17, 15) is 14.4 Å². The highest BCUT2D eigenvalue weighted by atomic mass is 79.9. The minimum absolute atomic E-state index is 0.321. The Morgan fingerprint density at radius 1 is 1.30 bits per heavy atom. The van der Waals surface area contributed by atoms with Crippen molar-refractivity contribution in [3.8, 4) is 0 Å². The van der Waals surface area contributed by atoms with E-state index in [2.05, 4.69) is 21.2 Å². The third-order valence-electron chi connectivity index (χ3n) is 2.65. The molecule has 0 unspecified atom stereocenters. The Morgan fingerprint density at radius 3 is 2.75 bits per heavy atom. The molecule has 0 spiro atoms. The summed E-state index contributed by atoms with van der Waals surface area (Å²) in [5, 5.41) is 2.63. The lowest BCUT2D eigenvalue weighted by Crippen LogP contribution is -2.40. The Morgan fingerprint density at radius 2 is 2.05 bits per heavy atom. The molecular weight excluding hydrogens is 326 g/mol. The highest BCUT2D eigenvalue weighted by Crippen LogP contribution is 2.15. The number of carbonyl (C=O) groups excluding carboxylic acids is 1. The van der Waals surface area contributed by atoms with Gasteiger partial charge in [0.1, 0.15) is 6.54 Å². The minimum Gasteiger partial charge on any atom is -0.324 e. The molecular formula is C13H12BrN3O3. The van der Waals surface area contributed by atoms with E-state index in [1.165, 1.54) is 23.9 Å². The van der Waals surface area contributed by atoms with Crippen LogP contribution in [-0.4, -0.2) is 15.0 Å². The fraction of sp³-hybridized carbons (Fsp3) is 0.154. The van der Waals surface area contributed by atoms with Gasteiger partial charge in [0.15, 0.2) is 0 Å². The Hall–Kier alpha value is -2.15. The normalized spacial score (nSPS) is 10.3. The number of benzene rings is 1. The van der Waals surface area contributed by atoms with E-state index >= 15 is 0 Å². The number of aryl methyl sites for hydroxylation is 1. The molecule has 1 heterocycles. The molecule has 7 heteroatoms. The molecule has 0 saturated carbocycles. The molecule has 1 amide bonds. The van der Waals surface area contributed by atoms with E-state index in [0.29, 0.717) is 5.69 Å². The number of nitrogens with zero attached hydrogens (tertiary/aromatic N) is 2. The number of nitrogens with one attached hydrogen (secondary N) is 1. The van der Waals surface area contributed by atoms with E-state index in [1.807, 2.05) is 6.07 Å². The molecule has 2 aromatic rings. The Labute approximate surface area is 122 Å². The van der Waals surface area contributed by atoms with E-state index < -0.39 is 17.2 Å². The van der Waals surface area contributed by atoms with Gasteiger partial charge in [0.2, 0.25) is 5.91 Å². The van der Waals surface area contributed by atoms with Crippen LogP contribution >= 0.6 is 15.9 Å². The highest BCUT2D eigenvalue weighted by Gasteiger charge is 2.09. The molecule has 0 fully saturated rings. The number of amides is 1. The second kappa shape index (κ2) is 5.87. The van der Waals surface area contributed by atoms with Gasteiger partial charge in [-0.25, -0.2) is 4.79 Å². The summed E-state index contributed by atoms with van der Waals surface area (Å²) in [6.07, 6.45) is 1.37. The van der Waals surface area contributed by atoms with Crippen molar-refractivity contribution in [1.82, 2.24) is 9.13 Å². The van der Waals surface area contributed by atoms with Crippen LogP contribution < -0.4 is 16.6 Å². The van der Waals surface area contributed by atoms with Gasteiger partial charge in [-0.3, -0.25) is 14.2 Å². The van der Waals surface area contributed by atoms with Crippen molar-refractivity contribution in [1.29, 1.82) is 0 Å². The number of hydrogen-bond acceptors (Lipinski definition) is 3. The molecule has 6 nitrogen and oxygen atoms in total. The molecule has 0 saturated heterocycles. The zero-order valence-electron chi connectivity index (χ0n) is 10.7. The number of rotatable bonds is 3.